The molecule has 1 aliphatic heterocycles. The number of hydrogen-bond acceptors (Lipinski definition) is 3. The summed E-state index contributed by atoms with van der Waals surface area (Å²) in [5.41, 5.74) is 2.42. The summed E-state index contributed by atoms with van der Waals surface area (Å²) in [6.45, 7) is 0.667. The zero-order valence-electron chi connectivity index (χ0n) is 11.8. The molecule has 0 aromatic heterocycles. The maximum absolute atomic E-state index is 5.90. The minimum absolute atomic E-state index is 0.326. The molecule has 1 heterocycles. The Morgan fingerprint density at radius 2 is 1.90 bits per heavy atom. The third-order valence-corrected chi connectivity index (χ3v) is 3.76. The van der Waals surface area contributed by atoms with E-state index < -0.39 is 0 Å². The van der Waals surface area contributed by atoms with E-state index in [9.17, 15) is 0 Å². The summed E-state index contributed by atoms with van der Waals surface area (Å²) in [6, 6.07) is 14.2. The van der Waals surface area contributed by atoms with Crippen molar-refractivity contribution in [2.75, 3.05) is 20.8 Å². The number of ether oxygens (including phenoxy) is 3. The van der Waals surface area contributed by atoms with Gasteiger partial charge in [0.1, 0.15) is 17.2 Å². The summed E-state index contributed by atoms with van der Waals surface area (Å²) >= 11 is 0. The van der Waals surface area contributed by atoms with E-state index in [0.29, 0.717) is 12.5 Å². The lowest BCUT2D eigenvalue weighted by molar-refractivity contribution is 0.257. The Morgan fingerprint density at radius 3 is 2.70 bits per heavy atom. The van der Waals surface area contributed by atoms with Gasteiger partial charge in [-0.3, -0.25) is 0 Å². The van der Waals surface area contributed by atoms with Crippen LogP contribution in [0.2, 0.25) is 0 Å². The first-order valence-corrected chi connectivity index (χ1v) is 6.74. The zero-order chi connectivity index (χ0) is 13.9. The molecule has 1 unspecified atom stereocenters. The number of methoxy groups -OCH3 is 2. The predicted molar refractivity (Wildman–Crippen MR) is 77.9 cm³/mol. The monoisotopic (exact) mass is 270 g/mol. The second-order valence-corrected chi connectivity index (χ2v) is 4.93. The van der Waals surface area contributed by atoms with Gasteiger partial charge in [-0.15, -0.1) is 0 Å². The molecule has 3 rings (SSSR count). The molecule has 1 aliphatic rings. The van der Waals surface area contributed by atoms with Gasteiger partial charge >= 0.3 is 0 Å². The van der Waals surface area contributed by atoms with Crippen LogP contribution in [0.3, 0.4) is 0 Å². The van der Waals surface area contributed by atoms with Gasteiger partial charge < -0.3 is 14.2 Å². The van der Waals surface area contributed by atoms with Crippen molar-refractivity contribution in [2.24, 2.45) is 0 Å². The van der Waals surface area contributed by atoms with Crippen LogP contribution in [0.15, 0.2) is 42.5 Å². The summed E-state index contributed by atoms with van der Waals surface area (Å²) in [6.07, 6.45) is 0.958. The molecule has 0 saturated heterocycles. The number of para-hydroxylation sites is 1. The van der Waals surface area contributed by atoms with Crippen molar-refractivity contribution < 1.29 is 14.2 Å². The minimum atomic E-state index is 0.326. The molecule has 0 spiro atoms. The van der Waals surface area contributed by atoms with Gasteiger partial charge in [0.25, 0.3) is 0 Å². The minimum Gasteiger partial charge on any atom is -0.497 e. The quantitative estimate of drug-likeness (QED) is 0.855. The lowest BCUT2D eigenvalue weighted by Gasteiger charge is -2.27. The fourth-order valence-corrected chi connectivity index (χ4v) is 2.68. The molecule has 0 fully saturated rings. The zero-order valence-corrected chi connectivity index (χ0v) is 11.8. The van der Waals surface area contributed by atoms with Crippen molar-refractivity contribution in [1.29, 1.82) is 0 Å². The molecule has 0 amide bonds. The van der Waals surface area contributed by atoms with Gasteiger partial charge in [0.2, 0.25) is 0 Å². The Balaban J connectivity index is 1.88. The van der Waals surface area contributed by atoms with Crippen LogP contribution in [0.1, 0.15) is 17.0 Å². The average molecular weight is 270 g/mol. The normalized spacial score (nSPS) is 17.0. The second-order valence-electron chi connectivity index (χ2n) is 4.93. The van der Waals surface area contributed by atoms with Gasteiger partial charge in [0.15, 0.2) is 0 Å². The van der Waals surface area contributed by atoms with Crippen molar-refractivity contribution in [2.45, 2.75) is 12.3 Å². The fourth-order valence-electron chi connectivity index (χ4n) is 2.68. The molecular weight excluding hydrogens is 252 g/mol. The molecule has 0 saturated carbocycles. The van der Waals surface area contributed by atoms with Gasteiger partial charge in [-0.2, -0.15) is 0 Å². The van der Waals surface area contributed by atoms with E-state index in [1.807, 2.05) is 30.3 Å². The molecule has 1 atom stereocenters. The Hall–Kier alpha value is -2.16. The van der Waals surface area contributed by atoms with E-state index in [1.165, 1.54) is 11.1 Å². The standard InChI is InChI=1S/C17H18O3/c1-18-14-8-7-12-9-13(11-20-17(12)10-14)15-5-3-4-6-16(15)19-2/h3-8,10,13H,9,11H2,1-2H3. The second kappa shape index (κ2) is 5.45. The van der Waals surface area contributed by atoms with Gasteiger partial charge in [0, 0.05) is 17.5 Å². The molecule has 0 aliphatic carbocycles. The lowest BCUT2D eigenvalue weighted by Crippen LogP contribution is -2.19. The summed E-state index contributed by atoms with van der Waals surface area (Å²) in [4.78, 5) is 0. The number of rotatable bonds is 3. The number of fused-ring (bicyclic) bond motifs is 1. The maximum Gasteiger partial charge on any atom is 0.126 e. The van der Waals surface area contributed by atoms with Crippen LogP contribution in [0, 0.1) is 0 Å². The summed E-state index contributed by atoms with van der Waals surface area (Å²) in [7, 11) is 3.38. The summed E-state index contributed by atoms with van der Waals surface area (Å²) < 4.78 is 16.6. The van der Waals surface area contributed by atoms with Gasteiger partial charge in [-0.1, -0.05) is 24.3 Å². The first-order chi connectivity index (χ1) is 9.81. The maximum atomic E-state index is 5.90. The van der Waals surface area contributed by atoms with Crippen molar-refractivity contribution in [3.05, 3.63) is 53.6 Å². The van der Waals surface area contributed by atoms with Gasteiger partial charge in [-0.25, -0.2) is 0 Å². The average Bonchev–Trinajstić information content (AvgIpc) is 2.53. The van der Waals surface area contributed by atoms with Crippen molar-refractivity contribution >= 4 is 0 Å². The molecular formula is C17H18O3. The van der Waals surface area contributed by atoms with Crippen LogP contribution in [-0.2, 0) is 6.42 Å². The first kappa shape index (κ1) is 12.9. The topological polar surface area (TPSA) is 27.7 Å². The van der Waals surface area contributed by atoms with Crippen molar-refractivity contribution in [3.63, 3.8) is 0 Å². The van der Waals surface area contributed by atoms with Crippen LogP contribution in [0.4, 0.5) is 0 Å². The Kier molecular flexibility index (Phi) is 3.50. The van der Waals surface area contributed by atoms with Crippen LogP contribution >= 0.6 is 0 Å². The van der Waals surface area contributed by atoms with E-state index >= 15 is 0 Å². The Bertz CT molecular complexity index is 607. The highest BCUT2D eigenvalue weighted by atomic mass is 16.5. The molecule has 0 N–H and O–H groups in total. The van der Waals surface area contributed by atoms with Crippen molar-refractivity contribution in [3.8, 4) is 17.2 Å². The Labute approximate surface area is 119 Å². The first-order valence-electron chi connectivity index (χ1n) is 6.74. The van der Waals surface area contributed by atoms with Crippen LogP contribution in [0.25, 0.3) is 0 Å². The number of benzene rings is 2. The third kappa shape index (κ3) is 2.31. The van der Waals surface area contributed by atoms with E-state index in [4.69, 9.17) is 14.2 Å². The highest BCUT2D eigenvalue weighted by molar-refractivity contribution is 5.45. The van der Waals surface area contributed by atoms with E-state index in [-0.39, 0.29) is 0 Å². The van der Waals surface area contributed by atoms with Gasteiger partial charge in [-0.05, 0) is 24.1 Å². The van der Waals surface area contributed by atoms with Crippen LogP contribution in [-0.4, -0.2) is 20.8 Å². The molecule has 2 aromatic carbocycles. The molecule has 2 aromatic rings. The summed E-state index contributed by atoms with van der Waals surface area (Å²) in [5, 5.41) is 0. The fraction of sp³-hybridized carbons (Fsp3) is 0.294. The van der Waals surface area contributed by atoms with E-state index in [0.717, 1.165) is 23.7 Å². The molecule has 3 heteroatoms. The number of hydrogen-bond donors (Lipinski definition) is 0. The third-order valence-electron chi connectivity index (χ3n) is 3.76. The lowest BCUT2D eigenvalue weighted by atomic mass is 9.90. The molecule has 20 heavy (non-hydrogen) atoms. The Morgan fingerprint density at radius 1 is 1.05 bits per heavy atom. The SMILES string of the molecule is COc1ccc2c(c1)OCC(c1ccccc1OC)C2. The molecule has 3 nitrogen and oxygen atoms in total. The van der Waals surface area contributed by atoms with Gasteiger partial charge in [0.05, 0.1) is 20.8 Å². The molecule has 0 bridgehead atoms. The summed E-state index contributed by atoms with van der Waals surface area (Å²) in [5.74, 6) is 3.01. The van der Waals surface area contributed by atoms with Crippen LogP contribution in [0.5, 0.6) is 17.2 Å². The predicted octanol–water partition coefficient (Wildman–Crippen LogP) is 3.42. The largest absolute Gasteiger partial charge is 0.497 e. The van der Waals surface area contributed by atoms with E-state index in [2.05, 4.69) is 12.1 Å². The highest BCUT2D eigenvalue weighted by Gasteiger charge is 2.24. The van der Waals surface area contributed by atoms with E-state index in [1.54, 1.807) is 14.2 Å². The molecule has 0 radical (unpaired) electrons. The molecule has 104 valence electrons. The van der Waals surface area contributed by atoms with Crippen LogP contribution < -0.4 is 14.2 Å². The smallest absolute Gasteiger partial charge is 0.126 e. The van der Waals surface area contributed by atoms with Crippen molar-refractivity contribution in [1.82, 2.24) is 0 Å². The highest BCUT2D eigenvalue weighted by Crippen LogP contribution is 2.37.